The molecule has 2 saturated heterocycles. The molecule has 4 rings (SSSR count). The second-order valence-corrected chi connectivity index (χ2v) is 10.1. The molecule has 6 heteroatoms. The van der Waals surface area contributed by atoms with Crippen LogP contribution in [0.5, 0.6) is 0 Å². The first-order valence-electron chi connectivity index (χ1n) is 8.89. The van der Waals surface area contributed by atoms with Gasteiger partial charge in [0.15, 0.2) is 9.84 Å². The van der Waals surface area contributed by atoms with E-state index in [-0.39, 0.29) is 0 Å². The molecule has 0 radical (unpaired) electrons. The molecule has 1 N–H and O–H groups in total. The average Bonchev–Trinajstić information content (AvgIpc) is 2.88. The van der Waals surface area contributed by atoms with E-state index in [1.807, 2.05) is 48.9 Å². The predicted octanol–water partition coefficient (Wildman–Crippen LogP) is 2.81. The number of sulfone groups is 1. The fraction of sp³-hybridized carbons (Fsp3) is 0.526. The van der Waals surface area contributed by atoms with Gasteiger partial charge in [-0.2, -0.15) is 5.10 Å². The Bertz CT molecular complexity index is 897. The summed E-state index contributed by atoms with van der Waals surface area (Å²) in [6.45, 7) is 3.95. The minimum atomic E-state index is -3.09. The van der Waals surface area contributed by atoms with E-state index in [1.165, 1.54) is 0 Å². The van der Waals surface area contributed by atoms with Gasteiger partial charge in [-0.1, -0.05) is 18.6 Å². The number of aliphatic hydroxyl groups is 1. The monoisotopic (exact) mass is 360 g/mol. The highest BCUT2D eigenvalue weighted by atomic mass is 32.2. The summed E-state index contributed by atoms with van der Waals surface area (Å²) in [5.74, 6) is 0. The van der Waals surface area contributed by atoms with E-state index in [0.29, 0.717) is 25.7 Å². The van der Waals surface area contributed by atoms with Crippen LogP contribution in [0.1, 0.15) is 49.1 Å². The van der Waals surface area contributed by atoms with Crippen molar-refractivity contribution < 1.29 is 13.5 Å². The molecule has 2 aromatic rings. The van der Waals surface area contributed by atoms with Gasteiger partial charge in [-0.15, -0.1) is 0 Å². The molecular weight excluding hydrogens is 336 g/mol. The van der Waals surface area contributed by atoms with Crippen molar-refractivity contribution in [3.63, 3.8) is 0 Å². The standard InChI is InChI=1S/C19H24N2O3S/c1-13-9-14(2)21(20-13)16-6-3-5-15(10-16)19(22)11-17-7-4-8-18(12-19)25(17,23)24/h3,5-6,9-10,17-18,22H,4,7-8,11-12H2,1-2H3. The van der Waals surface area contributed by atoms with Crippen LogP contribution < -0.4 is 0 Å². The van der Waals surface area contributed by atoms with Crippen LogP contribution >= 0.6 is 0 Å². The van der Waals surface area contributed by atoms with Crippen LogP contribution in [0.25, 0.3) is 5.69 Å². The Morgan fingerprint density at radius 1 is 1.16 bits per heavy atom. The van der Waals surface area contributed by atoms with Crippen LogP contribution in [0.15, 0.2) is 30.3 Å². The Balaban J connectivity index is 1.73. The molecule has 2 unspecified atom stereocenters. The summed E-state index contributed by atoms with van der Waals surface area (Å²) in [5, 5.41) is 15.0. The number of benzene rings is 1. The van der Waals surface area contributed by atoms with E-state index in [2.05, 4.69) is 5.10 Å². The lowest BCUT2D eigenvalue weighted by atomic mass is 9.80. The van der Waals surface area contributed by atoms with Crippen molar-refractivity contribution in [2.45, 2.75) is 62.1 Å². The maximum absolute atomic E-state index is 12.5. The molecule has 2 atom stereocenters. The second kappa shape index (κ2) is 5.68. The smallest absolute Gasteiger partial charge is 0.156 e. The van der Waals surface area contributed by atoms with Gasteiger partial charge in [0.05, 0.1) is 27.5 Å². The highest BCUT2D eigenvalue weighted by molar-refractivity contribution is 7.92. The first-order chi connectivity index (χ1) is 11.8. The maximum atomic E-state index is 12.5. The first-order valence-corrected chi connectivity index (χ1v) is 10.5. The quantitative estimate of drug-likeness (QED) is 0.894. The highest BCUT2D eigenvalue weighted by Crippen LogP contribution is 2.46. The van der Waals surface area contributed by atoms with E-state index in [1.54, 1.807) is 0 Å². The fourth-order valence-corrected chi connectivity index (χ4v) is 7.05. The molecular formula is C19H24N2O3S. The SMILES string of the molecule is Cc1cc(C)n(-c2cccc(C3(O)CC4CCCC(C3)S4(=O)=O)c2)n1. The first kappa shape index (κ1) is 16.8. The normalized spacial score (nSPS) is 31.0. The third kappa shape index (κ3) is 2.72. The third-order valence-electron chi connectivity index (χ3n) is 5.75. The Kier molecular flexibility index (Phi) is 3.81. The van der Waals surface area contributed by atoms with Crippen molar-refractivity contribution in [3.8, 4) is 5.69 Å². The van der Waals surface area contributed by atoms with Crippen molar-refractivity contribution in [1.82, 2.24) is 9.78 Å². The van der Waals surface area contributed by atoms with Gasteiger partial charge < -0.3 is 5.11 Å². The predicted molar refractivity (Wildman–Crippen MR) is 96.5 cm³/mol. The highest BCUT2D eigenvalue weighted by Gasteiger charge is 2.50. The zero-order valence-corrected chi connectivity index (χ0v) is 15.5. The van der Waals surface area contributed by atoms with Crippen LogP contribution in [-0.4, -0.2) is 33.8 Å². The molecule has 25 heavy (non-hydrogen) atoms. The Morgan fingerprint density at radius 3 is 2.44 bits per heavy atom. The van der Waals surface area contributed by atoms with Gasteiger partial charge in [0, 0.05) is 5.69 Å². The molecule has 0 spiro atoms. The minimum Gasteiger partial charge on any atom is -0.385 e. The number of hydrogen-bond acceptors (Lipinski definition) is 4. The number of aryl methyl sites for hydroxylation is 2. The topological polar surface area (TPSA) is 72.2 Å². The van der Waals surface area contributed by atoms with Crippen molar-refractivity contribution in [1.29, 1.82) is 0 Å². The van der Waals surface area contributed by atoms with Gasteiger partial charge in [-0.05, 0) is 63.3 Å². The van der Waals surface area contributed by atoms with Gasteiger partial charge >= 0.3 is 0 Å². The molecule has 2 fully saturated rings. The van der Waals surface area contributed by atoms with E-state index >= 15 is 0 Å². The zero-order chi connectivity index (χ0) is 17.8. The van der Waals surface area contributed by atoms with Crippen LogP contribution in [0.4, 0.5) is 0 Å². The lowest BCUT2D eigenvalue weighted by Crippen LogP contribution is -2.50. The molecule has 0 amide bonds. The minimum absolute atomic E-state index is 0.298. The maximum Gasteiger partial charge on any atom is 0.156 e. The Labute approximate surface area is 148 Å². The number of nitrogens with zero attached hydrogens (tertiary/aromatic N) is 2. The molecule has 0 saturated carbocycles. The van der Waals surface area contributed by atoms with Crippen LogP contribution in [0.3, 0.4) is 0 Å². The molecule has 1 aromatic heterocycles. The summed E-state index contributed by atoms with van der Waals surface area (Å²) in [7, 11) is -3.09. The molecule has 2 aliphatic rings. The fourth-order valence-electron chi connectivity index (χ4n) is 4.50. The lowest BCUT2D eigenvalue weighted by molar-refractivity contribution is 0.00500. The van der Waals surface area contributed by atoms with Gasteiger partial charge in [0.2, 0.25) is 0 Å². The number of aromatic nitrogens is 2. The average molecular weight is 360 g/mol. The largest absolute Gasteiger partial charge is 0.385 e. The van der Waals surface area contributed by atoms with Crippen molar-refractivity contribution >= 4 is 9.84 Å². The number of hydrogen-bond donors (Lipinski definition) is 1. The van der Waals surface area contributed by atoms with Crippen LogP contribution in [0.2, 0.25) is 0 Å². The number of rotatable bonds is 2. The van der Waals surface area contributed by atoms with Crippen LogP contribution in [-0.2, 0) is 15.4 Å². The Morgan fingerprint density at radius 2 is 1.84 bits per heavy atom. The zero-order valence-electron chi connectivity index (χ0n) is 14.6. The molecule has 2 bridgehead atoms. The van der Waals surface area contributed by atoms with Gasteiger partial charge in [-0.3, -0.25) is 0 Å². The molecule has 3 heterocycles. The summed E-state index contributed by atoms with van der Waals surface area (Å²) < 4.78 is 26.9. The molecule has 5 nitrogen and oxygen atoms in total. The van der Waals surface area contributed by atoms with E-state index in [4.69, 9.17) is 0 Å². The summed E-state index contributed by atoms with van der Waals surface area (Å²) in [6.07, 6.45) is 2.87. The van der Waals surface area contributed by atoms with Gasteiger partial charge in [0.25, 0.3) is 0 Å². The summed E-state index contributed by atoms with van der Waals surface area (Å²) in [4.78, 5) is 0. The summed E-state index contributed by atoms with van der Waals surface area (Å²) >= 11 is 0. The molecule has 134 valence electrons. The third-order valence-corrected chi connectivity index (χ3v) is 8.41. The lowest BCUT2D eigenvalue weighted by Gasteiger charge is -2.44. The van der Waals surface area contributed by atoms with E-state index in [0.717, 1.165) is 29.1 Å². The van der Waals surface area contributed by atoms with Crippen molar-refractivity contribution in [2.75, 3.05) is 0 Å². The van der Waals surface area contributed by atoms with E-state index < -0.39 is 25.9 Å². The van der Waals surface area contributed by atoms with Crippen molar-refractivity contribution in [3.05, 3.63) is 47.3 Å². The van der Waals surface area contributed by atoms with Crippen molar-refractivity contribution in [2.24, 2.45) is 0 Å². The Hall–Kier alpha value is -1.66. The molecule has 1 aromatic carbocycles. The second-order valence-electron chi connectivity index (χ2n) is 7.59. The summed E-state index contributed by atoms with van der Waals surface area (Å²) in [6, 6.07) is 9.75. The number of fused-ring (bicyclic) bond motifs is 2. The molecule has 2 aliphatic heterocycles. The van der Waals surface area contributed by atoms with Gasteiger partial charge in [0.1, 0.15) is 0 Å². The van der Waals surface area contributed by atoms with E-state index in [9.17, 15) is 13.5 Å². The van der Waals surface area contributed by atoms with Gasteiger partial charge in [-0.25, -0.2) is 13.1 Å². The van der Waals surface area contributed by atoms with Crippen LogP contribution in [0, 0.1) is 13.8 Å². The molecule has 0 aliphatic carbocycles. The summed E-state index contributed by atoms with van der Waals surface area (Å²) in [5.41, 5.74) is 2.59.